The summed E-state index contributed by atoms with van der Waals surface area (Å²) in [4.78, 5) is 43.2. The highest BCUT2D eigenvalue weighted by atomic mass is 35.5. The van der Waals surface area contributed by atoms with Crippen LogP contribution in [0.25, 0.3) is 11.3 Å². The number of carbonyl (C=O) groups excluding carboxylic acids is 2. The van der Waals surface area contributed by atoms with Crippen molar-refractivity contribution in [2.24, 2.45) is 0 Å². The summed E-state index contributed by atoms with van der Waals surface area (Å²) in [5.41, 5.74) is 4.90. The smallest absolute Gasteiger partial charge is 0.261 e. The van der Waals surface area contributed by atoms with Crippen LogP contribution in [0.15, 0.2) is 61.4 Å². The van der Waals surface area contributed by atoms with E-state index in [0.29, 0.717) is 121 Å². The molecule has 2 fully saturated rings. The van der Waals surface area contributed by atoms with Crippen LogP contribution in [0.2, 0.25) is 10.0 Å². The lowest BCUT2D eigenvalue weighted by Gasteiger charge is -2.36. The minimum atomic E-state index is -0.691. The lowest BCUT2D eigenvalue weighted by molar-refractivity contribution is 0.0446. The van der Waals surface area contributed by atoms with Gasteiger partial charge in [-0.15, -0.1) is 0 Å². The van der Waals surface area contributed by atoms with E-state index in [1.807, 2.05) is 47.9 Å². The van der Waals surface area contributed by atoms with Crippen LogP contribution in [-0.4, -0.2) is 161 Å². The average molecular weight is 946 g/mol. The van der Waals surface area contributed by atoms with Crippen LogP contribution < -0.4 is 29.9 Å². The standard InChI is InChI=1S/2C22H25ClN6O4/c2*1-22(12-30)8-14-6-17(18(7-19(14)33-22)28-4-2-27(13-31)3-5-28)26-21(32)16-10-25-29-11-15(23)9-24-20(16)29/h2*6-7,9-11,30-31H,2-5,8,12-13H2,1H3,(H,26,32)/t2*22-/m10/s1. The molecule has 6 aromatic rings. The number of ether oxygens (including phenoxy) is 2. The number of carbonyl (C=O) groups is 2. The molecule has 2 atom stereocenters. The van der Waals surface area contributed by atoms with Crippen molar-refractivity contribution in [3.05, 3.63) is 93.7 Å². The van der Waals surface area contributed by atoms with E-state index in [0.717, 1.165) is 22.5 Å². The highest BCUT2D eigenvalue weighted by molar-refractivity contribution is 6.30. The number of aliphatic hydroxyl groups is 4. The molecule has 0 bridgehead atoms. The Bertz CT molecular complexity index is 2610. The van der Waals surface area contributed by atoms with Crippen molar-refractivity contribution < 1.29 is 39.5 Å². The molecule has 10 rings (SSSR count). The molecule has 0 aliphatic carbocycles. The third-order valence-corrected chi connectivity index (χ3v) is 12.7. The number of aliphatic hydroxyl groups excluding tert-OH is 4. The summed E-state index contributed by atoms with van der Waals surface area (Å²) in [6, 6.07) is 7.68. The Morgan fingerprint density at radius 2 is 1.02 bits per heavy atom. The molecule has 2 saturated heterocycles. The van der Waals surface area contributed by atoms with E-state index < -0.39 is 11.2 Å². The summed E-state index contributed by atoms with van der Waals surface area (Å²) in [6.07, 6.45) is 10.1. The van der Waals surface area contributed by atoms with Crippen LogP contribution in [0.4, 0.5) is 22.7 Å². The number of anilines is 4. The number of nitrogens with one attached hydrogen (secondary N) is 2. The number of aromatic nitrogens is 6. The molecule has 66 heavy (non-hydrogen) atoms. The molecular weight excluding hydrogens is 895 g/mol. The second-order valence-corrected chi connectivity index (χ2v) is 18.2. The van der Waals surface area contributed by atoms with Crippen LogP contribution in [0.5, 0.6) is 11.5 Å². The fourth-order valence-electron chi connectivity index (χ4n) is 8.67. The maximum absolute atomic E-state index is 13.2. The van der Waals surface area contributed by atoms with Crippen molar-refractivity contribution >= 4 is 69.1 Å². The van der Waals surface area contributed by atoms with Crippen molar-refractivity contribution in [2.75, 3.05) is 99.5 Å². The van der Waals surface area contributed by atoms with Gasteiger partial charge in [0.2, 0.25) is 0 Å². The number of hydrogen-bond acceptors (Lipinski definition) is 16. The normalized spacial score (nSPS) is 20.7. The quantitative estimate of drug-likeness (QED) is 0.116. The van der Waals surface area contributed by atoms with Gasteiger partial charge in [0.15, 0.2) is 11.3 Å². The minimum Gasteiger partial charge on any atom is -0.484 e. The van der Waals surface area contributed by atoms with Crippen LogP contribution >= 0.6 is 23.2 Å². The molecule has 22 heteroatoms. The zero-order valence-corrected chi connectivity index (χ0v) is 37.8. The largest absolute Gasteiger partial charge is 0.484 e. The molecule has 348 valence electrons. The topological polar surface area (TPSA) is 231 Å². The summed E-state index contributed by atoms with van der Waals surface area (Å²) in [5, 5.41) is 53.7. The predicted octanol–water partition coefficient (Wildman–Crippen LogP) is 2.79. The molecule has 8 heterocycles. The summed E-state index contributed by atoms with van der Waals surface area (Å²) in [6.45, 7) is 9.12. The highest BCUT2D eigenvalue weighted by Crippen LogP contribution is 2.44. The van der Waals surface area contributed by atoms with Crippen LogP contribution in [-0.2, 0) is 12.8 Å². The van der Waals surface area contributed by atoms with E-state index in [4.69, 9.17) is 32.7 Å². The van der Waals surface area contributed by atoms with Gasteiger partial charge >= 0.3 is 0 Å². The van der Waals surface area contributed by atoms with E-state index in [-0.39, 0.29) is 38.5 Å². The van der Waals surface area contributed by atoms with Gasteiger partial charge in [0.25, 0.3) is 11.8 Å². The minimum absolute atomic E-state index is 0.0192. The van der Waals surface area contributed by atoms with Crippen molar-refractivity contribution in [1.29, 1.82) is 0 Å². The van der Waals surface area contributed by atoms with Gasteiger partial charge in [0.1, 0.15) is 33.8 Å². The molecule has 4 aliphatic rings. The second-order valence-electron chi connectivity index (χ2n) is 17.3. The van der Waals surface area contributed by atoms with E-state index in [1.54, 1.807) is 12.4 Å². The van der Waals surface area contributed by atoms with Gasteiger partial charge in [-0.1, -0.05) is 23.2 Å². The molecule has 4 aromatic heterocycles. The Balaban J connectivity index is 0.000000166. The van der Waals surface area contributed by atoms with Crippen LogP contribution in [0, 0.1) is 0 Å². The van der Waals surface area contributed by atoms with Crippen molar-refractivity contribution in [1.82, 2.24) is 39.0 Å². The zero-order chi connectivity index (χ0) is 46.3. The van der Waals surface area contributed by atoms with E-state index >= 15 is 0 Å². The maximum Gasteiger partial charge on any atom is 0.261 e. The van der Waals surface area contributed by atoms with Gasteiger partial charge in [0, 0.05) is 101 Å². The zero-order valence-electron chi connectivity index (χ0n) is 36.3. The number of halogens is 2. The van der Waals surface area contributed by atoms with Gasteiger partial charge in [-0.2, -0.15) is 10.2 Å². The molecule has 6 N–H and O–H groups in total. The lowest BCUT2D eigenvalue weighted by atomic mass is 9.99. The lowest BCUT2D eigenvalue weighted by Crippen LogP contribution is -2.46. The SMILES string of the molecule is C[C@@]1(CO)Cc2cc(NC(=O)c3cnn4cc(Cl)cnc34)c(N3CCN(CO)CC3)cc2O1.C[C@]1(CO)Cc2cc(NC(=O)c3cnn4cc(Cl)cnc34)c(N3CCN(CO)CC3)cc2O1. The van der Waals surface area contributed by atoms with E-state index in [2.05, 4.69) is 40.6 Å². The van der Waals surface area contributed by atoms with Crippen molar-refractivity contribution in [3.8, 4) is 11.5 Å². The number of benzene rings is 2. The summed E-state index contributed by atoms with van der Waals surface area (Å²) >= 11 is 12.0. The first kappa shape index (κ1) is 45.3. The number of amides is 2. The molecular formula is C44H50Cl2N12O8. The summed E-state index contributed by atoms with van der Waals surface area (Å²) in [7, 11) is 0. The monoisotopic (exact) mass is 944 g/mol. The van der Waals surface area contributed by atoms with Gasteiger partial charge in [-0.05, 0) is 26.0 Å². The Morgan fingerprint density at radius 1 is 0.621 bits per heavy atom. The van der Waals surface area contributed by atoms with Crippen LogP contribution in [0.3, 0.4) is 0 Å². The molecule has 0 spiro atoms. The van der Waals surface area contributed by atoms with Crippen molar-refractivity contribution in [2.45, 2.75) is 37.9 Å². The molecule has 4 aliphatic heterocycles. The van der Waals surface area contributed by atoms with Gasteiger partial charge in [-0.3, -0.25) is 19.4 Å². The number of hydrogen-bond donors (Lipinski definition) is 6. The summed E-state index contributed by atoms with van der Waals surface area (Å²) < 4.78 is 15.0. The first-order chi connectivity index (χ1) is 31.8. The second kappa shape index (κ2) is 18.4. The first-order valence-electron chi connectivity index (χ1n) is 21.5. The van der Waals surface area contributed by atoms with Gasteiger partial charge in [-0.25, -0.2) is 19.0 Å². The van der Waals surface area contributed by atoms with Crippen molar-refractivity contribution in [3.63, 3.8) is 0 Å². The number of rotatable bonds is 10. The third-order valence-electron chi connectivity index (χ3n) is 12.3. The molecule has 2 amide bonds. The van der Waals surface area contributed by atoms with E-state index in [1.165, 1.54) is 33.8 Å². The molecule has 0 unspecified atom stereocenters. The third kappa shape index (κ3) is 9.14. The Labute approximate surface area is 388 Å². The molecule has 20 nitrogen and oxygen atoms in total. The number of fused-ring (bicyclic) bond motifs is 4. The number of nitrogens with zero attached hydrogens (tertiary/aromatic N) is 10. The molecule has 2 aromatic carbocycles. The average Bonchev–Trinajstić information content (AvgIpc) is 4.10. The van der Waals surface area contributed by atoms with E-state index in [9.17, 15) is 30.0 Å². The Morgan fingerprint density at radius 3 is 1.38 bits per heavy atom. The fourth-order valence-corrected chi connectivity index (χ4v) is 8.95. The Kier molecular flexibility index (Phi) is 12.7. The Hall–Kier alpha value is -5.84. The molecule has 0 saturated carbocycles. The molecule has 0 radical (unpaired) electrons. The predicted molar refractivity (Wildman–Crippen MR) is 246 cm³/mol. The maximum atomic E-state index is 13.2. The van der Waals surface area contributed by atoms with Gasteiger partial charge < -0.3 is 50.3 Å². The first-order valence-corrected chi connectivity index (χ1v) is 22.2. The van der Waals surface area contributed by atoms with Gasteiger partial charge in [0.05, 0.1) is 84.3 Å². The fraction of sp³-hybridized carbons (Fsp3) is 0.409. The van der Waals surface area contributed by atoms with Crippen LogP contribution in [0.1, 0.15) is 45.7 Å². The highest BCUT2D eigenvalue weighted by Gasteiger charge is 2.37. The number of piperazine rings is 2. The summed E-state index contributed by atoms with van der Waals surface area (Å²) in [5.74, 6) is 0.741.